The molecule has 3 nitrogen and oxygen atoms in total. The second kappa shape index (κ2) is 9.13. The topological polar surface area (TPSA) is 40.8 Å². The Morgan fingerprint density at radius 3 is 2.50 bits per heavy atom. The lowest BCUT2D eigenvalue weighted by atomic mass is 9.81. The minimum atomic E-state index is -3.37. The zero-order chi connectivity index (χ0) is 35.4. The highest BCUT2D eigenvalue weighted by molar-refractivity contribution is 6.13. The van der Waals surface area contributed by atoms with Gasteiger partial charge in [-0.05, 0) is 64.4 Å². The Hall–Kier alpha value is -4.75. The van der Waals surface area contributed by atoms with Gasteiger partial charge in [-0.25, -0.2) is 4.39 Å². The molecule has 0 amide bonds. The Morgan fingerprint density at radius 2 is 1.71 bits per heavy atom. The van der Waals surface area contributed by atoms with Gasteiger partial charge in [-0.1, -0.05) is 76.1 Å². The summed E-state index contributed by atoms with van der Waals surface area (Å²) < 4.78 is 80.2. The highest BCUT2D eigenvalue weighted by Gasteiger charge is 2.35. The number of aryl methyl sites for hydroxylation is 2. The molecule has 42 heavy (non-hydrogen) atoms. The van der Waals surface area contributed by atoms with Crippen LogP contribution in [0.25, 0.3) is 55.4 Å². The molecule has 0 atom stereocenters. The molecule has 2 heterocycles. The van der Waals surface area contributed by atoms with E-state index in [1.165, 1.54) is 15.7 Å². The fourth-order valence-corrected chi connectivity index (χ4v) is 6.57. The van der Waals surface area contributed by atoms with Crippen LogP contribution < -0.4 is 4.57 Å². The van der Waals surface area contributed by atoms with E-state index in [1.807, 2.05) is 37.3 Å². The van der Waals surface area contributed by atoms with Crippen LogP contribution in [0.3, 0.4) is 0 Å². The van der Waals surface area contributed by atoms with Crippen molar-refractivity contribution in [2.24, 2.45) is 7.05 Å². The van der Waals surface area contributed by atoms with Gasteiger partial charge in [-0.3, -0.25) is 0 Å². The lowest BCUT2D eigenvalue weighted by Crippen LogP contribution is -2.32. The van der Waals surface area contributed by atoms with Crippen LogP contribution in [0.4, 0.5) is 4.39 Å². The maximum absolute atomic E-state index is 15.5. The molecule has 0 unspecified atom stereocenters. The van der Waals surface area contributed by atoms with Gasteiger partial charge in [0.15, 0.2) is 5.82 Å². The van der Waals surface area contributed by atoms with Crippen molar-refractivity contribution in [2.45, 2.75) is 45.8 Å². The molecule has 1 aliphatic carbocycles. The second-order valence-electron chi connectivity index (χ2n) is 11.6. The van der Waals surface area contributed by atoms with E-state index in [-0.39, 0.29) is 11.1 Å². The quantitative estimate of drug-likeness (QED) is 0.203. The van der Waals surface area contributed by atoms with Crippen LogP contribution in [-0.4, -0.2) is 0 Å². The fourth-order valence-electron chi connectivity index (χ4n) is 6.57. The molecule has 0 N–H and O–H groups in total. The van der Waals surface area contributed by atoms with Crippen molar-refractivity contribution >= 4 is 21.9 Å². The summed E-state index contributed by atoms with van der Waals surface area (Å²) in [5, 5.41) is 11.4. The van der Waals surface area contributed by atoms with Crippen molar-refractivity contribution < 1.29 is 23.0 Å². The van der Waals surface area contributed by atoms with Crippen molar-refractivity contribution in [1.82, 2.24) is 0 Å². The summed E-state index contributed by atoms with van der Waals surface area (Å²) in [4.78, 5) is 0. The zero-order valence-electron chi connectivity index (χ0n) is 30.7. The Kier molecular flexibility index (Phi) is 4.21. The number of halogens is 1. The van der Waals surface area contributed by atoms with E-state index in [4.69, 9.17) is 14.0 Å². The van der Waals surface area contributed by atoms with Gasteiger partial charge in [0.2, 0.25) is 11.9 Å². The summed E-state index contributed by atoms with van der Waals surface area (Å²) in [6.07, 6.45) is 0.996. The summed E-state index contributed by atoms with van der Waals surface area (Å²) >= 11 is 0. The number of hydrogen-bond acceptors (Lipinski definition) is 2. The van der Waals surface area contributed by atoms with Crippen LogP contribution in [-0.2, 0) is 12.5 Å². The molecule has 7 rings (SSSR count). The first-order chi connectivity index (χ1) is 22.9. The third-order valence-corrected chi connectivity index (χ3v) is 8.72. The van der Waals surface area contributed by atoms with Crippen LogP contribution in [0.5, 0.6) is 0 Å². The molecule has 0 saturated carbocycles. The maximum atomic E-state index is 15.5. The molecule has 0 aliphatic heterocycles. The highest BCUT2D eigenvalue weighted by atomic mass is 19.1. The number of benzene rings is 4. The molecular formula is C38H32FN2O+. The molecule has 206 valence electrons. The number of rotatable bonds is 3. The molecule has 0 fully saturated rings. The van der Waals surface area contributed by atoms with Crippen molar-refractivity contribution in [1.29, 1.82) is 5.26 Å². The van der Waals surface area contributed by atoms with E-state index in [0.29, 0.717) is 44.2 Å². The third-order valence-electron chi connectivity index (χ3n) is 8.72. The van der Waals surface area contributed by atoms with Gasteiger partial charge in [0, 0.05) is 43.0 Å². The number of aromatic nitrogens is 1. The number of furan rings is 1. The lowest BCUT2D eigenvalue weighted by Gasteiger charge is -2.22. The first-order valence-corrected chi connectivity index (χ1v) is 13.7. The number of nitrogens with zero attached hydrogens (tertiary/aromatic N) is 2. The minimum Gasteiger partial charge on any atom is -0.454 e. The Balaban J connectivity index is 1.50. The van der Waals surface area contributed by atoms with Gasteiger partial charge in [-0.2, -0.15) is 9.83 Å². The van der Waals surface area contributed by atoms with Crippen LogP contribution in [0.15, 0.2) is 83.4 Å². The average Bonchev–Trinajstić information content (AvgIpc) is 3.51. The molecule has 4 aromatic carbocycles. The van der Waals surface area contributed by atoms with E-state index in [2.05, 4.69) is 44.2 Å². The van der Waals surface area contributed by atoms with Crippen molar-refractivity contribution in [3.05, 3.63) is 113 Å². The summed E-state index contributed by atoms with van der Waals surface area (Å²) in [5.74, 6) is -4.36. The molecule has 2 aromatic heterocycles. The van der Waals surface area contributed by atoms with Gasteiger partial charge in [-0.15, -0.1) is 0 Å². The SMILES string of the molecule is [2H]C([2H])([2H])C([2H])(c1cc(-c2c(C)ccc3c2oc2c(-c4ccc5c(c4)C(C)(C)c4ccccc4-5)cc(C#N)cc23)[n+](C)cc1F)C([2H])([2H])[2H]. The highest BCUT2D eigenvalue weighted by Crippen LogP contribution is 2.50. The van der Waals surface area contributed by atoms with Crippen LogP contribution in [0.1, 0.15) is 70.9 Å². The van der Waals surface area contributed by atoms with Crippen molar-refractivity contribution in [3.8, 4) is 39.6 Å². The first kappa shape index (κ1) is 19.4. The summed E-state index contributed by atoms with van der Waals surface area (Å²) in [5.41, 5.74) is 8.08. The van der Waals surface area contributed by atoms with Gasteiger partial charge in [0.05, 0.1) is 17.2 Å². The van der Waals surface area contributed by atoms with Crippen molar-refractivity contribution in [3.63, 3.8) is 0 Å². The largest absolute Gasteiger partial charge is 0.454 e. The predicted octanol–water partition coefficient (Wildman–Crippen LogP) is 9.49. The second-order valence-corrected chi connectivity index (χ2v) is 11.6. The molecular weight excluding hydrogens is 519 g/mol. The molecule has 0 saturated heterocycles. The first-order valence-electron chi connectivity index (χ1n) is 17.2. The smallest absolute Gasteiger partial charge is 0.216 e. The Morgan fingerprint density at radius 1 is 0.929 bits per heavy atom. The summed E-state index contributed by atoms with van der Waals surface area (Å²) in [6.45, 7) is -0.537. The molecule has 1 aliphatic rings. The van der Waals surface area contributed by atoms with E-state index >= 15 is 4.39 Å². The van der Waals surface area contributed by atoms with Crippen LogP contribution in [0.2, 0.25) is 0 Å². The predicted molar refractivity (Wildman–Crippen MR) is 167 cm³/mol. The van der Waals surface area contributed by atoms with E-state index in [0.717, 1.165) is 29.0 Å². The number of pyridine rings is 1. The third kappa shape index (κ3) is 3.66. The monoisotopic (exact) mass is 558 g/mol. The molecule has 0 spiro atoms. The summed E-state index contributed by atoms with van der Waals surface area (Å²) in [7, 11) is 1.56. The van der Waals surface area contributed by atoms with Gasteiger partial charge in [0.25, 0.3) is 0 Å². The minimum absolute atomic E-state index is 0.252. The summed E-state index contributed by atoms with van der Waals surface area (Å²) in [6, 6.07) is 25.3. The van der Waals surface area contributed by atoms with Crippen LogP contribution >= 0.6 is 0 Å². The van der Waals surface area contributed by atoms with E-state index in [9.17, 15) is 5.26 Å². The average molecular weight is 559 g/mol. The number of hydrogen-bond donors (Lipinski definition) is 0. The normalized spacial score (nSPS) is 16.8. The van der Waals surface area contributed by atoms with Gasteiger partial charge < -0.3 is 4.42 Å². The fraction of sp³-hybridized carbons (Fsp3) is 0.211. The number of nitriles is 1. The molecule has 6 aromatic rings. The molecule has 0 bridgehead atoms. The van der Waals surface area contributed by atoms with Crippen LogP contribution in [0, 0.1) is 24.1 Å². The van der Waals surface area contributed by atoms with Gasteiger partial charge >= 0.3 is 0 Å². The zero-order valence-corrected chi connectivity index (χ0v) is 23.7. The molecule has 0 radical (unpaired) electrons. The Bertz CT molecular complexity index is 2400. The van der Waals surface area contributed by atoms with Crippen molar-refractivity contribution in [2.75, 3.05) is 0 Å². The maximum Gasteiger partial charge on any atom is 0.216 e. The van der Waals surface area contributed by atoms with E-state index in [1.54, 1.807) is 19.2 Å². The number of fused-ring (bicyclic) bond motifs is 6. The van der Waals surface area contributed by atoms with Gasteiger partial charge in [0.1, 0.15) is 18.2 Å². The standard InChI is InChI=1S/C38H32FN2O/c1-21(2)28-18-34(41(6)20-33(28)39)35-22(3)11-13-27-30-16-23(19-40)15-29(36(30)42-37(27)35)24-12-14-26-25-9-7-8-10-31(25)38(4,5)32(26)17-24/h7-18,20-21H,1-6H3/q+1/i1D3,2D3,21D. The lowest BCUT2D eigenvalue weighted by molar-refractivity contribution is -0.662. The molecule has 4 heteroatoms. The van der Waals surface area contributed by atoms with E-state index < -0.39 is 31.0 Å². The Labute approximate surface area is 255 Å².